The van der Waals surface area contributed by atoms with Gasteiger partial charge in [-0.3, -0.25) is 9.69 Å². The minimum Gasteiger partial charge on any atom is -0.484 e. The molecule has 0 bridgehead atoms. The third kappa shape index (κ3) is 4.46. The van der Waals surface area contributed by atoms with Gasteiger partial charge in [0.25, 0.3) is 5.91 Å². The fourth-order valence-corrected chi connectivity index (χ4v) is 2.93. The number of amides is 1. The van der Waals surface area contributed by atoms with Crippen LogP contribution in [0, 0.1) is 13.8 Å². The lowest BCUT2D eigenvalue weighted by Crippen LogP contribution is -2.41. The van der Waals surface area contributed by atoms with Crippen molar-refractivity contribution >= 4 is 5.91 Å². The molecule has 1 fully saturated rings. The van der Waals surface area contributed by atoms with Crippen LogP contribution in [0.5, 0.6) is 5.75 Å². The first-order valence-corrected chi connectivity index (χ1v) is 7.81. The Morgan fingerprint density at radius 2 is 2.24 bits per heavy atom. The van der Waals surface area contributed by atoms with Gasteiger partial charge < -0.3 is 10.1 Å². The number of likely N-dealkylation sites (N-methyl/N-ethyl adjacent to an activating group) is 1. The van der Waals surface area contributed by atoms with E-state index in [-0.39, 0.29) is 12.5 Å². The van der Waals surface area contributed by atoms with Gasteiger partial charge in [-0.1, -0.05) is 24.6 Å². The smallest absolute Gasteiger partial charge is 0.257 e. The highest BCUT2D eigenvalue weighted by Gasteiger charge is 2.23. The molecule has 0 radical (unpaired) electrons. The summed E-state index contributed by atoms with van der Waals surface area (Å²) in [5, 5.41) is 2.98. The van der Waals surface area contributed by atoms with Gasteiger partial charge in [-0.25, -0.2) is 0 Å². The molecule has 1 aliphatic rings. The number of nitrogens with one attached hydrogen (secondary N) is 1. The van der Waals surface area contributed by atoms with Crippen molar-refractivity contribution in [2.45, 2.75) is 39.7 Å². The standard InChI is InChI=1S/C17H26N2O2/c1-4-19-9-5-6-15(19)11-18-17(20)12-21-16-8-7-13(2)10-14(16)3/h7-8,10,15H,4-6,9,11-12H2,1-3H3,(H,18,20)/t15-/m0/s1. The van der Waals surface area contributed by atoms with Crippen LogP contribution in [0.1, 0.15) is 30.9 Å². The van der Waals surface area contributed by atoms with Crippen molar-refractivity contribution in [3.63, 3.8) is 0 Å². The Kier molecular flexibility index (Phi) is 5.62. The van der Waals surface area contributed by atoms with Crippen molar-refractivity contribution in [1.82, 2.24) is 10.2 Å². The van der Waals surface area contributed by atoms with Gasteiger partial charge in [0.15, 0.2) is 6.61 Å². The zero-order chi connectivity index (χ0) is 15.2. The molecule has 4 heteroatoms. The predicted octanol–water partition coefficient (Wildman–Crippen LogP) is 2.28. The molecule has 0 aliphatic carbocycles. The van der Waals surface area contributed by atoms with Crippen LogP contribution >= 0.6 is 0 Å². The lowest BCUT2D eigenvalue weighted by Gasteiger charge is -2.22. The Hall–Kier alpha value is -1.55. The molecule has 0 spiro atoms. The summed E-state index contributed by atoms with van der Waals surface area (Å²) in [6.07, 6.45) is 2.40. The van der Waals surface area contributed by atoms with Gasteiger partial charge in [-0.2, -0.15) is 0 Å². The van der Waals surface area contributed by atoms with Crippen LogP contribution in [0.15, 0.2) is 18.2 Å². The normalized spacial score (nSPS) is 18.7. The predicted molar refractivity (Wildman–Crippen MR) is 84.7 cm³/mol. The average Bonchev–Trinajstić information content (AvgIpc) is 2.91. The van der Waals surface area contributed by atoms with Crippen LogP contribution in [0.25, 0.3) is 0 Å². The summed E-state index contributed by atoms with van der Waals surface area (Å²) in [6.45, 7) is 9.23. The third-order valence-corrected chi connectivity index (χ3v) is 4.13. The van der Waals surface area contributed by atoms with Gasteiger partial charge in [0, 0.05) is 12.6 Å². The zero-order valence-corrected chi connectivity index (χ0v) is 13.3. The molecular weight excluding hydrogens is 264 g/mol. The minimum absolute atomic E-state index is 0.0436. The number of likely N-dealkylation sites (tertiary alicyclic amines) is 1. The molecular formula is C17H26N2O2. The summed E-state index contributed by atoms with van der Waals surface area (Å²) in [7, 11) is 0. The van der Waals surface area contributed by atoms with E-state index in [9.17, 15) is 4.79 Å². The molecule has 0 aromatic heterocycles. The Bertz CT molecular complexity index is 488. The fraction of sp³-hybridized carbons (Fsp3) is 0.588. The number of nitrogens with zero attached hydrogens (tertiary/aromatic N) is 1. The van der Waals surface area contributed by atoms with Crippen molar-refractivity contribution in [2.75, 3.05) is 26.2 Å². The van der Waals surface area contributed by atoms with E-state index in [2.05, 4.69) is 23.2 Å². The molecule has 21 heavy (non-hydrogen) atoms. The molecule has 0 saturated carbocycles. The van der Waals surface area contributed by atoms with Gasteiger partial charge in [0.1, 0.15) is 5.75 Å². The average molecular weight is 290 g/mol. The Balaban J connectivity index is 1.74. The molecule has 1 aromatic rings. The molecule has 1 aliphatic heterocycles. The summed E-state index contributed by atoms with van der Waals surface area (Å²) in [4.78, 5) is 14.3. The summed E-state index contributed by atoms with van der Waals surface area (Å²) < 4.78 is 5.60. The fourth-order valence-electron chi connectivity index (χ4n) is 2.93. The van der Waals surface area contributed by atoms with Crippen LogP contribution in [0.2, 0.25) is 0 Å². The van der Waals surface area contributed by atoms with Crippen LogP contribution < -0.4 is 10.1 Å². The van der Waals surface area contributed by atoms with Gasteiger partial charge in [-0.05, 0) is 51.4 Å². The Morgan fingerprint density at radius 1 is 1.43 bits per heavy atom. The number of rotatable bonds is 6. The largest absolute Gasteiger partial charge is 0.484 e. The quantitative estimate of drug-likeness (QED) is 0.874. The molecule has 1 saturated heterocycles. The highest BCUT2D eigenvalue weighted by Crippen LogP contribution is 2.18. The molecule has 4 nitrogen and oxygen atoms in total. The second-order valence-electron chi connectivity index (χ2n) is 5.79. The van der Waals surface area contributed by atoms with Crippen LogP contribution in [-0.2, 0) is 4.79 Å². The molecule has 1 atom stereocenters. The number of benzene rings is 1. The number of carbonyl (C=O) groups excluding carboxylic acids is 1. The van der Waals surface area contributed by atoms with Gasteiger partial charge in [-0.15, -0.1) is 0 Å². The SMILES string of the molecule is CCN1CCC[C@H]1CNC(=O)COc1ccc(C)cc1C. The first-order valence-electron chi connectivity index (χ1n) is 7.81. The van der Waals surface area contributed by atoms with E-state index in [1.807, 2.05) is 26.0 Å². The lowest BCUT2D eigenvalue weighted by molar-refractivity contribution is -0.123. The van der Waals surface area contributed by atoms with Crippen molar-refractivity contribution in [3.05, 3.63) is 29.3 Å². The maximum atomic E-state index is 11.9. The topological polar surface area (TPSA) is 41.6 Å². The van der Waals surface area contributed by atoms with E-state index in [1.54, 1.807) is 0 Å². The highest BCUT2D eigenvalue weighted by atomic mass is 16.5. The van der Waals surface area contributed by atoms with E-state index in [0.29, 0.717) is 6.04 Å². The summed E-state index contributed by atoms with van der Waals surface area (Å²) in [5.41, 5.74) is 2.26. The summed E-state index contributed by atoms with van der Waals surface area (Å²) >= 11 is 0. The monoisotopic (exact) mass is 290 g/mol. The molecule has 0 unspecified atom stereocenters. The minimum atomic E-state index is -0.0436. The van der Waals surface area contributed by atoms with Crippen molar-refractivity contribution < 1.29 is 9.53 Å². The lowest BCUT2D eigenvalue weighted by atomic mass is 10.1. The number of carbonyl (C=O) groups is 1. The van der Waals surface area contributed by atoms with Crippen LogP contribution in [0.3, 0.4) is 0 Å². The maximum absolute atomic E-state index is 11.9. The molecule has 2 rings (SSSR count). The summed E-state index contributed by atoms with van der Waals surface area (Å²) in [6, 6.07) is 6.47. The van der Waals surface area contributed by atoms with Crippen molar-refractivity contribution in [1.29, 1.82) is 0 Å². The van der Waals surface area contributed by atoms with Crippen LogP contribution in [-0.4, -0.2) is 43.1 Å². The number of ether oxygens (including phenoxy) is 1. The second-order valence-corrected chi connectivity index (χ2v) is 5.79. The first kappa shape index (κ1) is 15.8. The Labute approximate surface area is 127 Å². The third-order valence-electron chi connectivity index (χ3n) is 4.13. The zero-order valence-electron chi connectivity index (χ0n) is 13.3. The molecule has 1 N–H and O–H groups in total. The van der Waals surface area contributed by atoms with E-state index in [1.165, 1.54) is 18.4 Å². The molecule has 1 aromatic carbocycles. The van der Waals surface area contributed by atoms with Crippen LogP contribution in [0.4, 0.5) is 0 Å². The van der Waals surface area contributed by atoms with Gasteiger partial charge in [0.05, 0.1) is 0 Å². The first-order chi connectivity index (χ1) is 10.1. The number of hydrogen-bond donors (Lipinski definition) is 1. The van der Waals surface area contributed by atoms with E-state index in [0.717, 1.165) is 30.9 Å². The van der Waals surface area contributed by atoms with E-state index in [4.69, 9.17) is 4.74 Å². The number of aryl methyl sites for hydroxylation is 2. The maximum Gasteiger partial charge on any atom is 0.257 e. The Morgan fingerprint density at radius 3 is 2.95 bits per heavy atom. The van der Waals surface area contributed by atoms with E-state index >= 15 is 0 Å². The molecule has 116 valence electrons. The highest BCUT2D eigenvalue weighted by molar-refractivity contribution is 5.77. The molecule has 1 heterocycles. The van der Waals surface area contributed by atoms with Crippen molar-refractivity contribution in [3.8, 4) is 5.75 Å². The van der Waals surface area contributed by atoms with Gasteiger partial charge >= 0.3 is 0 Å². The second kappa shape index (κ2) is 7.46. The molecule has 1 amide bonds. The van der Waals surface area contributed by atoms with E-state index < -0.39 is 0 Å². The number of hydrogen-bond acceptors (Lipinski definition) is 3. The van der Waals surface area contributed by atoms with Gasteiger partial charge in [0.2, 0.25) is 0 Å². The van der Waals surface area contributed by atoms with Crippen molar-refractivity contribution in [2.24, 2.45) is 0 Å². The summed E-state index contributed by atoms with van der Waals surface area (Å²) in [5.74, 6) is 0.740.